The minimum Gasteiger partial charge on any atom is -0.331 e. The maximum Gasteiger partial charge on any atom is 0.238 e. The minimum atomic E-state index is -0.301. The van der Waals surface area contributed by atoms with Crippen molar-refractivity contribution in [3.8, 4) is 6.07 Å². The lowest BCUT2D eigenvalue weighted by Gasteiger charge is -2.04. The van der Waals surface area contributed by atoms with Gasteiger partial charge in [0.2, 0.25) is 5.91 Å². The fourth-order valence-corrected chi connectivity index (χ4v) is 1.84. The Labute approximate surface area is 105 Å². The van der Waals surface area contributed by atoms with Crippen molar-refractivity contribution in [2.45, 2.75) is 26.3 Å². The van der Waals surface area contributed by atoms with Gasteiger partial charge in [-0.3, -0.25) is 4.79 Å². The van der Waals surface area contributed by atoms with Gasteiger partial charge in [-0.25, -0.2) is 4.98 Å². The highest BCUT2D eigenvalue weighted by Crippen LogP contribution is 2.18. The number of nitrogens with one attached hydrogen (secondary N) is 1. The Morgan fingerprint density at radius 2 is 2.39 bits per heavy atom. The molecule has 0 aliphatic carbocycles. The molecular formula is C13H14N4O. The van der Waals surface area contributed by atoms with E-state index in [4.69, 9.17) is 5.26 Å². The van der Waals surface area contributed by atoms with Crippen LogP contribution in [0.25, 0.3) is 11.0 Å². The first-order chi connectivity index (χ1) is 8.74. The van der Waals surface area contributed by atoms with Gasteiger partial charge in [-0.05, 0) is 24.6 Å². The molecule has 0 radical (unpaired) electrons. The van der Waals surface area contributed by atoms with Crippen molar-refractivity contribution < 1.29 is 4.79 Å². The Morgan fingerprint density at radius 1 is 1.56 bits per heavy atom. The quantitative estimate of drug-likeness (QED) is 0.894. The number of hydrogen-bond donors (Lipinski definition) is 1. The highest BCUT2D eigenvalue weighted by molar-refractivity contribution is 5.94. The number of anilines is 1. The second-order valence-electron chi connectivity index (χ2n) is 4.02. The van der Waals surface area contributed by atoms with Crippen molar-refractivity contribution in [1.82, 2.24) is 9.55 Å². The van der Waals surface area contributed by atoms with Crippen LogP contribution < -0.4 is 5.32 Å². The zero-order valence-corrected chi connectivity index (χ0v) is 10.2. The molecule has 1 heterocycles. The van der Waals surface area contributed by atoms with Crippen LogP contribution in [0.1, 0.15) is 19.8 Å². The van der Waals surface area contributed by atoms with Gasteiger partial charge < -0.3 is 9.88 Å². The number of carbonyl (C=O) groups excluding carboxylic acids is 1. The molecule has 0 unspecified atom stereocenters. The van der Waals surface area contributed by atoms with Crippen LogP contribution in [-0.2, 0) is 11.3 Å². The lowest BCUT2D eigenvalue weighted by Crippen LogP contribution is -2.09. The Hall–Kier alpha value is -2.35. The minimum absolute atomic E-state index is 0.137. The van der Waals surface area contributed by atoms with E-state index in [-0.39, 0.29) is 12.3 Å². The average Bonchev–Trinajstić information content (AvgIpc) is 2.73. The third-order valence-electron chi connectivity index (χ3n) is 2.61. The number of nitrogens with zero attached hydrogens (tertiary/aromatic N) is 3. The van der Waals surface area contributed by atoms with Crippen molar-refractivity contribution in [3.63, 3.8) is 0 Å². The summed E-state index contributed by atoms with van der Waals surface area (Å²) in [6, 6.07) is 7.39. The maximum atomic E-state index is 11.3. The molecule has 0 atom stereocenters. The Balaban J connectivity index is 2.23. The topological polar surface area (TPSA) is 70.7 Å². The van der Waals surface area contributed by atoms with Gasteiger partial charge in [0, 0.05) is 12.2 Å². The summed E-state index contributed by atoms with van der Waals surface area (Å²) >= 11 is 0. The summed E-state index contributed by atoms with van der Waals surface area (Å²) in [5.74, 6) is -0.301. The van der Waals surface area contributed by atoms with E-state index in [0.717, 1.165) is 24.0 Å². The number of hydrogen-bond acceptors (Lipinski definition) is 3. The first kappa shape index (κ1) is 12.1. The third kappa shape index (κ3) is 2.48. The predicted molar refractivity (Wildman–Crippen MR) is 68.9 cm³/mol. The zero-order chi connectivity index (χ0) is 13.0. The van der Waals surface area contributed by atoms with E-state index in [9.17, 15) is 4.79 Å². The van der Waals surface area contributed by atoms with Crippen molar-refractivity contribution in [2.75, 3.05) is 5.32 Å². The zero-order valence-electron chi connectivity index (χ0n) is 10.2. The van der Waals surface area contributed by atoms with Gasteiger partial charge in [0.15, 0.2) is 0 Å². The Kier molecular flexibility index (Phi) is 3.58. The number of imidazole rings is 1. The molecule has 1 amide bonds. The van der Waals surface area contributed by atoms with Crippen LogP contribution in [0, 0.1) is 11.3 Å². The van der Waals surface area contributed by atoms with Crippen LogP contribution in [-0.4, -0.2) is 15.5 Å². The molecule has 0 saturated carbocycles. The van der Waals surface area contributed by atoms with Crippen LogP contribution in [0.5, 0.6) is 0 Å². The number of rotatable bonds is 4. The standard InChI is InChI=1S/C13H14N4O/c1-2-7-17-9-15-11-8-10(3-4-12(11)17)16-13(18)5-6-14/h3-4,8-9H,2,5,7H2,1H3,(H,16,18). The molecule has 2 aromatic rings. The van der Waals surface area contributed by atoms with E-state index in [2.05, 4.69) is 21.8 Å². The maximum absolute atomic E-state index is 11.3. The lowest BCUT2D eigenvalue weighted by molar-refractivity contribution is -0.115. The molecule has 1 aromatic heterocycles. The van der Waals surface area contributed by atoms with E-state index in [1.165, 1.54) is 0 Å². The predicted octanol–water partition coefficient (Wildman–Crippen LogP) is 2.30. The summed E-state index contributed by atoms with van der Waals surface area (Å²) < 4.78 is 2.08. The number of carbonyl (C=O) groups is 1. The molecule has 18 heavy (non-hydrogen) atoms. The highest BCUT2D eigenvalue weighted by Gasteiger charge is 2.05. The molecule has 5 heteroatoms. The number of aryl methyl sites for hydroxylation is 1. The Morgan fingerprint density at radius 3 is 3.11 bits per heavy atom. The summed E-state index contributed by atoms with van der Waals surface area (Å²) in [6.45, 7) is 3.04. The van der Waals surface area contributed by atoms with Gasteiger partial charge in [0.1, 0.15) is 6.42 Å². The molecular weight excluding hydrogens is 228 g/mol. The number of benzene rings is 1. The largest absolute Gasteiger partial charge is 0.331 e. The van der Waals surface area contributed by atoms with Crippen LogP contribution >= 0.6 is 0 Å². The van der Waals surface area contributed by atoms with E-state index in [1.54, 1.807) is 6.33 Å². The van der Waals surface area contributed by atoms with E-state index in [0.29, 0.717) is 5.69 Å². The molecule has 0 bridgehead atoms. The fourth-order valence-electron chi connectivity index (χ4n) is 1.84. The van der Waals surface area contributed by atoms with Crippen LogP contribution in [0.2, 0.25) is 0 Å². The SMILES string of the molecule is CCCn1cnc2cc(NC(=O)CC#N)ccc21. The summed E-state index contributed by atoms with van der Waals surface area (Å²) in [5, 5.41) is 11.1. The van der Waals surface area contributed by atoms with Gasteiger partial charge in [0.05, 0.1) is 23.4 Å². The van der Waals surface area contributed by atoms with Gasteiger partial charge in [-0.2, -0.15) is 5.26 Å². The van der Waals surface area contributed by atoms with Gasteiger partial charge in [-0.15, -0.1) is 0 Å². The first-order valence-corrected chi connectivity index (χ1v) is 5.86. The van der Waals surface area contributed by atoms with Crippen molar-refractivity contribution in [2.24, 2.45) is 0 Å². The number of amides is 1. The molecule has 0 fully saturated rings. The molecule has 5 nitrogen and oxygen atoms in total. The summed E-state index contributed by atoms with van der Waals surface area (Å²) in [5.41, 5.74) is 2.57. The van der Waals surface area contributed by atoms with E-state index < -0.39 is 0 Å². The van der Waals surface area contributed by atoms with E-state index >= 15 is 0 Å². The van der Waals surface area contributed by atoms with Gasteiger partial charge >= 0.3 is 0 Å². The third-order valence-corrected chi connectivity index (χ3v) is 2.61. The monoisotopic (exact) mass is 242 g/mol. The van der Waals surface area contributed by atoms with Gasteiger partial charge in [0.25, 0.3) is 0 Å². The summed E-state index contributed by atoms with van der Waals surface area (Å²) in [6.07, 6.45) is 2.71. The van der Waals surface area contributed by atoms with Crippen molar-refractivity contribution >= 4 is 22.6 Å². The van der Waals surface area contributed by atoms with E-state index in [1.807, 2.05) is 24.3 Å². The molecule has 92 valence electrons. The summed E-state index contributed by atoms with van der Waals surface area (Å²) in [4.78, 5) is 15.6. The van der Waals surface area contributed by atoms with Crippen molar-refractivity contribution in [3.05, 3.63) is 24.5 Å². The number of aromatic nitrogens is 2. The van der Waals surface area contributed by atoms with Gasteiger partial charge in [-0.1, -0.05) is 6.92 Å². The smallest absolute Gasteiger partial charge is 0.238 e. The molecule has 1 N–H and O–H groups in total. The molecule has 1 aromatic carbocycles. The van der Waals surface area contributed by atoms with Crippen LogP contribution in [0.3, 0.4) is 0 Å². The Bertz CT molecular complexity index is 609. The fraction of sp³-hybridized carbons (Fsp3) is 0.308. The van der Waals surface area contributed by atoms with Crippen molar-refractivity contribution in [1.29, 1.82) is 5.26 Å². The average molecular weight is 242 g/mol. The number of nitriles is 1. The van der Waals surface area contributed by atoms with Crippen LogP contribution in [0.15, 0.2) is 24.5 Å². The second-order valence-corrected chi connectivity index (χ2v) is 4.02. The highest BCUT2D eigenvalue weighted by atomic mass is 16.1. The lowest BCUT2D eigenvalue weighted by atomic mass is 10.2. The van der Waals surface area contributed by atoms with Crippen LogP contribution in [0.4, 0.5) is 5.69 Å². The first-order valence-electron chi connectivity index (χ1n) is 5.86. The molecule has 0 spiro atoms. The molecule has 0 aliphatic heterocycles. The second kappa shape index (κ2) is 5.32. The normalized spacial score (nSPS) is 10.2. The summed E-state index contributed by atoms with van der Waals surface area (Å²) in [7, 11) is 0. The molecule has 2 rings (SSSR count). The molecule has 0 saturated heterocycles. The number of fused-ring (bicyclic) bond motifs is 1. The molecule has 0 aliphatic rings.